The van der Waals surface area contributed by atoms with Crippen LogP contribution in [0.25, 0.3) is 11.3 Å². The van der Waals surface area contributed by atoms with Crippen LogP contribution in [0.5, 0.6) is 17.4 Å². The molecule has 0 saturated carbocycles. The van der Waals surface area contributed by atoms with E-state index < -0.39 is 0 Å². The summed E-state index contributed by atoms with van der Waals surface area (Å²) < 4.78 is 19.6. The van der Waals surface area contributed by atoms with Gasteiger partial charge in [0.15, 0.2) is 0 Å². The number of benzene rings is 1. The van der Waals surface area contributed by atoms with E-state index in [-0.39, 0.29) is 10.5 Å². The molecule has 192 valence electrons. The van der Waals surface area contributed by atoms with Gasteiger partial charge in [-0.2, -0.15) is 15.6 Å². The number of hydrogen-bond acceptors (Lipinski definition) is 7. The van der Waals surface area contributed by atoms with Crippen molar-refractivity contribution >= 4 is 16.4 Å². The van der Waals surface area contributed by atoms with Crippen molar-refractivity contribution in [3.63, 3.8) is 0 Å². The molecular weight excluding hydrogens is 474 g/mol. The minimum Gasteiger partial charge on any atom is -0.493 e. The predicted octanol–water partition coefficient (Wildman–Crippen LogP) is 3.81. The maximum absolute atomic E-state index is 6.04. The fourth-order valence-corrected chi connectivity index (χ4v) is 4.98. The Morgan fingerprint density at radius 1 is 1.19 bits per heavy atom. The minimum absolute atomic E-state index is 0.131. The number of hydrogen-bond donors (Lipinski definition) is 1. The van der Waals surface area contributed by atoms with Crippen LogP contribution >= 0.6 is 10.5 Å². The van der Waals surface area contributed by atoms with E-state index in [0.29, 0.717) is 25.1 Å². The summed E-state index contributed by atoms with van der Waals surface area (Å²) in [6, 6.07) is 12.0. The molecule has 0 spiro atoms. The van der Waals surface area contributed by atoms with E-state index in [1.165, 1.54) is 5.56 Å². The van der Waals surface area contributed by atoms with Gasteiger partial charge in [-0.25, -0.2) is 9.67 Å². The number of aromatic nitrogens is 3. The minimum atomic E-state index is 0.131. The van der Waals surface area contributed by atoms with Gasteiger partial charge in [-0.05, 0) is 37.4 Å². The Balaban J connectivity index is 1.17. The third-order valence-corrected chi connectivity index (χ3v) is 7.49. The number of fused-ring (bicyclic) bond motifs is 1. The summed E-state index contributed by atoms with van der Waals surface area (Å²) in [4.78, 5) is 7.05. The zero-order valence-electron chi connectivity index (χ0n) is 20.9. The molecule has 0 bridgehead atoms. The first kappa shape index (κ1) is 25.0. The van der Waals surface area contributed by atoms with Crippen molar-refractivity contribution in [2.45, 2.75) is 19.1 Å². The monoisotopic (exact) mass is 509 g/mol. The molecule has 36 heavy (non-hydrogen) atoms. The fourth-order valence-electron chi connectivity index (χ4n) is 4.58. The summed E-state index contributed by atoms with van der Waals surface area (Å²) in [5.74, 6) is 7.61. The van der Waals surface area contributed by atoms with Crippen LogP contribution in [0.15, 0.2) is 48.8 Å². The smallest absolute Gasteiger partial charge is 0.219 e. The van der Waals surface area contributed by atoms with Crippen molar-refractivity contribution in [1.82, 2.24) is 25.0 Å². The average molecular weight is 510 g/mol. The highest BCUT2D eigenvalue weighted by molar-refractivity contribution is 8.13. The molecule has 2 aliphatic rings. The highest BCUT2D eigenvalue weighted by atomic mass is 32.2. The van der Waals surface area contributed by atoms with Gasteiger partial charge >= 0.3 is 0 Å². The molecule has 0 radical (unpaired) electrons. The van der Waals surface area contributed by atoms with Crippen molar-refractivity contribution in [3.8, 4) is 28.6 Å². The third kappa shape index (κ3) is 6.34. The molecule has 9 heteroatoms. The van der Waals surface area contributed by atoms with Crippen molar-refractivity contribution in [1.29, 1.82) is 0 Å². The van der Waals surface area contributed by atoms with Crippen molar-refractivity contribution in [2.24, 2.45) is 0 Å². The summed E-state index contributed by atoms with van der Waals surface area (Å²) in [6.45, 7) is 7.37. The molecule has 2 atom stereocenters. The van der Waals surface area contributed by atoms with E-state index in [2.05, 4.69) is 38.5 Å². The van der Waals surface area contributed by atoms with Crippen LogP contribution in [0.2, 0.25) is 0 Å². The number of ether oxygens (including phenoxy) is 3. The van der Waals surface area contributed by atoms with Gasteiger partial charge in [-0.1, -0.05) is 11.9 Å². The Labute approximate surface area is 215 Å². The predicted molar refractivity (Wildman–Crippen MR) is 146 cm³/mol. The lowest BCUT2D eigenvalue weighted by atomic mass is 9.97. The molecular formula is C27H35N5O3S. The fraction of sp³-hybridized carbons (Fsp3) is 0.444. The van der Waals surface area contributed by atoms with E-state index >= 15 is 0 Å². The van der Waals surface area contributed by atoms with Crippen molar-refractivity contribution in [2.75, 3.05) is 57.9 Å². The molecule has 1 aromatic carbocycles. The Morgan fingerprint density at radius 3 is 2.89 bits per heavy atom. The second kappa shape index (κ2) is 12.0. The Morgan fingerprint density at radius 2 is 2.08 bits per heavy atom. The highest BCUT2D eigenvalue weighted by Gasteiger charge is 2.25. The molecule has 1 unspecified atom stereocenters. The molecule has 1 N–H and O–H groups in total. The van der Waals surface area contributed by atoms with Gasteiger partial charge in [0.1, 0.15) is 18.2 Å². The quantitative estimate of drug-likeness (QED) is 0.311. The molecule has 2 aromatic heterocycles. The number of pyridine rings is 1. The summed E-state index contributed by atoms with van der Waals surface area (Å²) in [7, 11) is 0.131. The summed E-state index contributed by atoms with van der Waals surface area (Å²) >= 11 is 0. The van der Waals surface area contributed by atoms with Crippen molar-refractivity contribution < 1.29 is 14.2 Å². The zero-order chi connectivity index (χ0) is 24.7. The molecule has 0 aliphatic carbocycles. The van der Waals surface area contributed by atoms with E-state index in [4.69, 9.17) is 14.2 Å². The first-order chi connectivity index (χ1) is 17.7. The SMILES string of the molecule is C=[S@@](C)CCOCn1nccc1-c1ccc(Oc2ccc3c(c2)OCC3CCN2CCNCC2)nc1. The summed E-state index contributed by atoms with van der Waals surface area (Å²) in [6.07, 6.45) is 6.81. The van der Waals surface area contributed by atoms with E-state index in [1.807, 2.05) is 35.0 Å². The van der Waals surface area contributed by atoms with Gasteiger partial charge in [0.25, 0.3) is 0 Å². The Kier molecular flexibility index (Phi) is 8.32. The lowest BCUT2D eigenvalue weighted by Crippen LogP contribution is -2.44. The molecule has 3 aromatic rings. The maximum atomic E-state index is 6.04. The molecule has 8 nitrogen and oxygen atoms in total. The standard InChI is InChI=1S/C27H35N5O3S/c1-36(2)16-15-33-20-32-25(7-9-30-32)21-3-6-27(29-18-21)35-23-4-5-24-22(19-34-26(24)17-23)8-12-31-13-10-28-11-14-31/h3-7,9,17-18,22,28H,1,8,10-16,19-20H2,2H3/t22?,36-/m0/s1. The zero-order valence-corrected chi connectivity index (χ0v) is 21.7. The summed E-state index contributed by atoms with van der Waals surface area (Å²) in [5, 5.41) is 7.79. The topological polar surface area (TPSA) is 73.7 Å². The van der Waals surface area contributed by atoms with Gasteiger partial charge in [0.2, 0.25) is 5.88 Å². The first-order valence-corrected chi connectivity index (χ1v) is 14.5. The number of nitrogens with zero attached hydrogens (tertiary/aromatic N) is 4. The van der Waals surface area contributed by atoms with Gasteiger partial charge in [0.05, 0.1) is 18.9 Å². The van der Waals surface area contributed by atoms with Crippen LogP contribution in [0.4, 0.5) is 0 Å². The Hall–Kier alpha value is -2.72. The number of piperazine rings is 1. The lowest BCUT2D eigenvalue weighted by molar-refractivity contribution is 0.0824. The van der Waals surface area contributed by atoms with Crippen LogP contribution in [0, 0.1) is 0 Å². The summed E-state index contributed by atoms with van der Waals surface area (Å²) in [5.41, 5.74) is 3.19. The first-order valence-electron chi connectivity index (χ1n) is 12.5. The number of rotatable bonds is 11. The van der Waals surface area contributed by atoms with Crippen LogP contribution in [0.3, 0.4) is 0 Å². The molecule has 4 heterocycles. The van der Waals surface area contributed by atoms with Crippen molar-refractivity contribution in [3.05, 3.63) is 54.4 Å². The van der Waals surface area contributed by atoms with E-state index in [0.717, 1.165) is 74.3 Å². The van der Waals surface area contributed by atoms with E-state index in [1.54, 1.807) is 12.4 Å². The molecule has 1 saturated heterocycles. The van der Waals surface area contributed by atoms with Gasteiger partial charge < -0.3 is 24.4 Å². The van der Waals surface area contributed by atoms with Gasteiger partial charge in [-0.15, -0.1) is 0 Å². The van der Waals surface area contributed by atoms with Crippen LogP contribution in [-0.2, 0) is 11.5 Å². The average Bonchev–Trinajstić information content (AvgIpc) is 3.53. The lowest BCUT2D eigenvalue weighted by Gasteiger charge is -2.27. The molecule has 5 rings (SSSR count). The number of nitrogens with one attached hydrogen (secondary N) is 1. The Bertz CT molecular complexity index is 1160. The van der Waals surface area contributed by atoms with E-state index in [9.17, 15) is 0 Å². The second-order valence-electron chi connectivity index (χ2n) is 9.31. The second-order valence-corrected chi connectivity index (χ2v) is 11.3. The van der Waals surface area contributed by atoms with Crippen LogP contribution in [0.1, 0.15) is 17.9 Å². The molecule has 1 fully saturated rings. The molecule has 0 amide bonds. The van der Waals surface area contributed by atoms with Crippen LogP contribution in [-0.4, -0.2) is 83.5 Å². The maximum Gasteiger partial charge on any atom is 0.219 e. The van der Waals surface area contributed by atoms with Crippen LogP contribution < -0.4 is 14.8 Å². The highest BCUT2D eigenvalue weighted by Crippen LogP contribution is 2.39. The van der Waals surface area contributed by atoms with Gasteiger partial charge in [-0.3, -0.25) is 0 Å². The normalized spacial score (nSPS) is 18.5. The molecule has 2 aliphatic heterocycles. The van der Waals surface area contributed by atoms with Gasteiger partial charge in [0, 0.05) is 73.5 Å². The third-order valence-electron chi connectivity index (χ3n) is 6.63. The largest absolute Gasteiger partial charge is 0.493 e.